The van der Waals surface area contributed by atoms with Gasteiger partial charge in [0.25, 0.3) is 17.6 Å². The van der Waals surface area contributed by atoms with Gasteiger partial charge in [-0.2, -0.15) is 0 Å². The third-order valence-electron chi connectivity index (χ3n) is 5.88. The summed E-state index contributed by atoms with van der Waals surface area (Å²) in [4.78, 5) is 49.9. The second-order valence-corrected chi connectivity index (χ2v) is 7.75. The predicted molar refractivity (Wildman–Crippen MR) is 103 cm³/mol. The van der Waals surface area contributed by atoms with Crippen LogP contribution in [0, 0.1) is 11.8 Å². The Balaban J connectivity index is 1.57. The number of carbonyl (C=O) groups excluding carboxylic acids is 4. The maximum Gasteiger partial charge on any atom is 0.326 e. The highest BCUT2D eigenvalue weighted by atomic mass is 16.5. The normalized spacial score (nSPS) is 25.2. The third-order valence-corrected chi connectivity index (χ3v) is 5.88. The average Bonchev–Trinajstić information content (AvgIpc) is 2.90. The Kier molecular flexibility index (Phi) is 5.82. The van der Waals surface area contributed by atoms with E-state index in [4.69, 9.17) is 4.74 Å². The van der Waals surface area contributed by atoms with Crippen molar-refractivity contribution in [3.8, 4) is 0 Å². The number of rotatable bonds is 5. The van der Waals surface area contributed by atoms with Crippen molar-refractivity contribution < 1.29 is 23.9 Å². The van der Waals surface area contributed by atoms with Crippen LogP contribution in [0.4, 0.5) is 5.69 Å². The van der Waals surface area contributed by atoms with Crippen molar-refractivity contribution in [1.82, 2.24) is 5.32 Å². The number of fused-ring (bicyclic) bond motifs is 1. The molecular formula is C21H26N2O5. The van der Waals surface area contributed by atoms with E-state index in [2.05, 4.69) is 19.2 Å². The molecule has 4 atom stereocenters. The molecule has 0 spiro atoms. The van der Waals surface area contributed by atoms with E-state index in [1.807, 2.05) is 0 Å². The first-order valence-corrected chi connectivity index (χ1v) is 9.74. The molecule has 1 aromatic rings. The fourth-order valence-electron chi connectivity index (χ4n) is 3.91. The molecule has 1 N–H and O–H groups in total. The van der Waals surface area contributed by atoms with Gasteiger partial charge in [-0.15, -0.1) is 0 Å². The van der Waals surface area contributed by atoms with E-state index >= 15 is 0 Å². The summed E-state index contributed by atoms with van der Waals surface area (Å²) in [5.41, 5.74) is 0.656. The van der Waals surface area contributed by atoms with Gasteiger partial charge in [0.2, 0.25) is 0 Å². The summed E-state index contributed by atoms with van der Waals surface area (Å²) in [6.45, 7) is 5.41. The molecule has 28 heavy (non-hydrogen) atoms. The monoisotopic (exact) mass is 386 g/mol. The number of carbonyl (C=O) groups is 4. The molecule has 0 aromatic heterocycles. The van der Waals surface area contributed by atoms with Crippen LogP contribution in [0.1, 0.15) is 50.4 Å². The molecule has 1 aromatic carbocycles. The van der Waals surface area contributed by atoms with Gasteiger partial charge in [-0.25, -0.2) is 0 Å². The molecule has 1 heterocycles. The molecule has 2 aliphatic rings. The van der Waals surface area contributed by atoms with Gasteiger partial charge in [0.15, 0.2) is 6.10 Å². The molecule has 1 fully saturated rings. The van der Waals surface area contributed by atoms with Gasteiger partial charge >= 0.3 is 5.97 Å². The molecule has 3 rings (SSSR count). The molecule has 7 heteroatoms. The number of ether oxygens (including phenoxy) is 1. The van der Waals surface area contributed by atoms with E-state index in [0.717, 1.165) is 24.2 Å². The predicted octanol–water partition coefficient (Wildman–Crippen LogP) is 2.09. The Morgan fingerprint density at radius 3 is 2.68 bits per heavy atom. The van der Waals surface area contributed by atoms with Crippen molar-refractivity contribution >= 4 is 29.3 Å². The van der Waals surface area contributed by atoms with Gasteiger partial charge in [-0.05, 0) is 37.3 Å². The zero-order valence-electron chi connectivity index (χ0n) is 16.4. The number of anilines is 1. The van der Waals surface area contributed by atoms with Gasteiger partial charge in [0.1, 0.15) is 6.54 Å². The largest absolute Gasteiger partial charge is 0.451 e. The van der Waals surface area contributed by atoms with Crippen LogP contribution in [0.25, 0.3) is 0 Å². The molecule has 0 bridgehead atoms. The maximum atomic E-state index is 12.4. The summed E-state index contributed by atoms with van der Waals surface area (Å²) in [5.74, 6) is -1.58. The smallest absolute Gasteiger partial charge is 0.326 e. The second-order valence-electron chi connectivity index (χ2n) is 7.75. The molecule has 1 aliphatic heterocycles. The highest BCUT2D eigenvalue weighted by Gasteiger charge is 2.37. The van der Waals surface area contributed by atoms with Gasteiger partial charge < -0.3 is 10.1 Å². The van der Waals surface area contributed by atoms with Crippen molar-refractivity contribution in [2.24, 2.45) is 11.8 Å². The Labute approximate surface area is 164 Å². The van der Waals surface area contributed by atoms with Crippen molar-refractivity contribution in [1.29, 1.82) is 0 Å². The van der Waals surface area contributed by atoms with Crippen LogP contribution >= 0.6 is 0 Å². The van der Waals surface area contributed by atoms with Crippen LogP contribution in [0.2, 0.25) is 0 Å². The van der Waals surface area contributed by atoms with E-state index in [9.17, 15) is 19.2 Å². The summed E-state index contributed by atoms with van der Waals surface area (Å²) in [5, 5.41) is 2.98. The molecule has 0 unspecified atom stereocenters. The van der Waals surface area contributed by atoms with Crippen LogP contribution in [0.5, 0.6) is 0 Å². The first kappa shape index (κ1) is 20.0. The van der Waals surface area contributed by atoms with E-state index < -0.39 is 30.3 Å². The quantitative estimate of drug-likeness (QED) is 0.618. The number of benzene rings is 1. The third kappa shape index (κ3) is 3.93. The number of para-hydroxylation sites is 1. The maximum absolute atomic E-state index is 12.4. The van der Waals surface area contributed by atoms with Crippen molar-refractivity contribution in [3.05, 3.63) is 29.8 Å². The lowest BCUT2D eigenvalue weighted by atomic mass is 9.78. The minimum atomic E-state index is -0.972. The van der Waals surface area contributed by atoms with Crippen LogP contribution in [0.15, 0.2) is 24.3 Å². The minimum absolute atomic E-state index is 0.0714. The number of Topliss-reactive ketones (excluding diaryl/α,β-unsaturated/α-hetero) is 1. The van der Waals surface area contributed by atoms with E-state index in [0.29, 0.717) is 17.5 Å². The summed E-state index contributed by atoms with van der Waals surface area (Å²) in [7, 11) is 0. The lowest BCUT2D eigenvalue weighted by Gasteiger charge is -2.35. The van der Waals surface area contributed by atoms with Crippen molar-refractivity contribution in [2.45, 2.75) is 52.2 Å². The summed E-state index contributed by atoms with van der Waals surface area (Å²) in [6.07, 6.45) is 2.16. The Morgan fingerprint density at radius 1 is 1.21 bits per heavy atom. The minimum Gasteiger partial charge on any atom is -0.451 e. The molecule has 2 amide bonds. The second kappa shape index (κ2) is 8.12. The van der Waals surface area contributed by atoms with Gasteiger partial charge in [0.05, 0.1) is 11.3 Å². The summed E-state index contributed by atoms with van der Waals surface area (Å²) in [6, 6.07) is 6.56. The zero-order chi connectivity index (χ0) is 20.4. The van der Waals surface area contributed by atoms with Gasteiger partial charge in [-0.1, -0.05) is 38.8 Å². The first-order valence-electron chi connectivity index (χ1n) is 9.74. The topological polar surface area (TPSA) is 92.8 Å². The molecule has 150 valence electrons. The average molecular weight is 386 g/mol. The van der Waals surface area contributed by atoms with Crippen LogP contribution in [-0.2, 0) is 19.1 Å². The Morgan fingerprint density at radius 2 is 1.93 bits per heavy atom. The molecule has 7 nitrogen and oxygen atoms in total. The zero-order valence-corrected chi connectivity index (χ0v) is 16.4. The Hall–Kier alpha value is -2.70. The van der Waals surface area contributed by atoms with Crippen LogP contribution in [0.3, 0.4) is 0 Å². The highest BCUT2D eigenvalue weighted by Crippen LogP contribution is 2.30. The number of esters is 1. The van der Waals surface area contributed by atoms with Crippen LogP contribution in [-0.4, -0.2) is 42.3 Å². The molecule has 1 aliphatic carbocycles. The molecule has 0 saturated heterocycles. The number of hydrogen-bond donors (Lipinski definition) is 1. The fourth-order valence-corrected chi connectivity index (χ4v) is 3.91. The fraction of sp³-hybridized carbons (Fsp3) is 0.524. The van der Waals surface area contributed by atoms with Crippen molar-refractivity contribution in [2.75, 3.05) is 11.4 Å². The lowest BCUT2D eigenvalue weighted by Crippen LogP contribution is -2.48. The van der Waals surface area contributed by atoms with Crippen molar-refractivity contribution in [3.63, 3.8) is 0 Å². The number of nitrogens with zero attached hydrogens (tertiary/aromatic N) is 1. The van der Waals surface area contributed by atoms with Gasteiger partial charge in [0, 0.05) is 6.04 Å². The number of hydrogen-bond acceptors (Lipinski definition) is 5. The molecular weight excluding hydrogens is 360 g/mol. The lowest BCUT2D eigenvalue weighted by molar-refractivity contribution is -0.154. The number of amides is 2. The highest BCUT2D eigenvalue weighted by molar-refractivity contribution is 6.52. The van der Waals surface area contributed by atoms with Gasteiger partial charge in [-0.3, -0.25) is 24.1 Å². The Bertz CT molecular complexity index is 806. The van der Waals surface area contributed by atoms with Crippen LogP contribution < -0.4 is 10.2 Å². The standard InChI is InChI=1S/C21H26N2O5/c1-12-7-6-9-16(13(12)2)22-20(26)14(3)28-18(24)11-23-17-10-5-4-8-15(17)19(25)21(23)27/h4-5,8,10,12-14,16H,6-7,9,11H2,1-3H3,(H,22,26)/t12-,13-,14-,16+/m1/s1. The summed E-state index contributed by atoms with van der Waals surface area (Å²) < 4.78 is 5.22. The molecule has 1 saturated carbocycles. The van der Waals surface area contributed by atoms with E-state index in [-0.39, 0.29) is 17.5 Å². The SMILES string of the molecule is C[C@@H]1[C@H](C)CCC[C@@H]1NC(=O)[C@@H](C)OC(=O)CN1C(=O)C(=O)c2ccccc21. The van der Waals surface area contributed by atoms with E-state index in [1.54, 1.807) is 24.3 Å². The molecule has 0 radical (unpaired) electrons. The number of nitrogens with one attached hydrogen (secondary N) is 1. The summed E-state index contributed by atoms with van der Waals surface area (Å²) >= 11 is 0. The first-order chi connectivity index (χ1) is 13.3. The van der Waals surface area contributed by atoms with E-state index in [1.165, 1.54) is 6.92 Å². The number of ketones is 1.